The van der Waals surface area contributed by atoms with Crippen LogP contribution in [0.3, 0.4) is 0 Å². The lowest BCUT2D eigenvalue weighted by molar-refractivity contribution is -0.141. The van der Waals surface area contributed by atoms with Gasteiger partial charge in [0.25, 0.3) is 5.91 Å². The number of nitrogens with zero attached hydrogens (tertiary/aromatic N) is 3. The maximum absolute atomic E-state index is 12.4. The van der Waals surface area contributed by atoms with Gasteiger partial charge >= 0.3 is 5.97 Å². The largest absolute Gasteiger partial charge is 0.481 e. The van der Waals surface area contributed by atoms with E-state index in [1.54, 1.807) is 22.8 Å². The minimum absolute atomic E-state index is 0.111. The fraction of sp³-hybridized carbons (Fsp3) is 0.615. The molecule has 1 atom stereocenters. The molecule has 1 aliphatic rings. The Balaban J connectivity index is 2.19. The van der Waals surface area contributed by atoms with E-state index in [0.717, 1.165) is 5.69 Å². The summed E-state index contributed by atoms with van der Waals surface area (Å²) in [5.41, 5.74) is 1.36. The number of carbonyl (C=O) groups is 2. The Labute approximate surface area is 112 Å². The summed E-state index contributed by atoms with van der Waals surface area (Å²) >= 11 is 0. The Kier molecular flexibility index (Phi) is 3.59. The van der Waals surface area contributed by atoms with Crippen LogP contribution in [0.2, 0.25) is 0 Å². The van der Waals surface area contributed by atoms with Gasteiger partial charge in [-0.1, -0.05) is 13.8 Å². The quantitative estimate of drug-likeness (QED) is 0.887. The molecule has 1 aliphatic heterocycles. The first kappa shape index (κ1) is 13.6. The molecule has 6 nitrogen and oxygen atoms in total. The number of hydrogen-bond donors (Lipinski definition) is 1. The Hall–Kier alpha value is -1.85. The van der Waals surface area contributed by atoms with Gasteiger partial charge in [-0.2, -0.15) is 5.10 Å². The van der Waals surface area contributed by atoms with Crippen molar-refractivity contribution in [1.82, 2.24) is 14.7 Å². The van der Waals surface area contributed by atoms with Crippen LogP contribution in [0.15, 0.2) is 6.20 Å². The van der Waals surface area contributed by atoms with E-state index in [4.69, 9.17) is 5.11 Å². The number of carbonyl (C=O) groups excluding carboxylic acids is 1. The van der Waals surface area contributed by atoms with Crippen molar-refractivity contribution in [2.24, 2.45) is 13.0 Å². The zero-order chi connectivity index (χ0) is 14.2. The highest BCUT2D eigenvalue weighted by Gasteiger charge is 2.33. The van der Waals surface area contributed by atoms with Crippen LogP contribution < -0.4 is 0 Å². The highest BCUT2D eigenvalue weighted by molar-refractivity contribution is 5.95. The zero-order valence-electron chi connectivity index (χ0n) is 11.5. The van der Waals surface area contributed by atoms with E-state index in [2.05, 4.69) is 5.10 Å². The number of carboxylic acids is 1. The van der Waals surface area contributed by atoms with E-state index in [1.807, 2.05) is 13.8 Å². The van der Waals surface area contributed by atoms with Crippen LogP contribution in [0, 0.1) is 5.92 Å². The molecule has 19 heavy (non-hydrogen) atoms. The molecular weight excluding hydrogens is 246 g/mol. The third kappa shape index (κ3) is 2.62. The first-order valence-electron chi connectivity index (χ1n) is 6.45. The number of aliphatic carboxylic acids is 1. The van der Waals surface area contributed by atoms with Crippen LogP contribution in [0.5, 0.6) is 0 Å². The smallest absolute Gasteiger partial charge is 0.308 e. The summed E-state index contributed by atoms with van der Waals surface area (Å²) in [5.74, 6) is -1.22. The van der Waals surface area contributed by atoms with E-state index < -0.39 is 11.9 Å². The van der Waals surface area contributed by atoms with E-state index in [1.165, 1.54) is 0 Å². The van der Waals surface area contributed by atoms with Crippen LogP contribution in [0.25, 0.3) is 0 Å². The van der Waals surface area contributed by atoms with Crippen molar-refractivity contribution in [1.29, 1.82) is 0 Å². The standard InChI is InChI=1S/C13H19N3O3/c1-8(2)11-10(7-15(3)14-11)12(17)16-5-4-9(6-16)13(18)19/h7-9H,4-6H2,1-3H3,(H,18,19). The molecule has 1 aromatic heterocycles. The summed E-state index contributed by atoms with van der Waals surface area (Å²) in [6.45, 7) is 4.77. The van der Waals surface area contributed by atoms with E-state index in [0.29, 0.717) is 25.1 Å². The van der Waals surface area contributed by atoms with Crippen molar-refractivity contribution in [3.8, 4) is 0 Å². The van der Waals surface area contributed by atoms with Crippen LogP contribution in [0.1, 0.15) is 42.2 Å². The van der Waals surface area contributed by atoms with E-state index in [-0.39, 0.29) is 11.8 Å². The summed E-state index contributed by atoms with van der Waals surface area (Å²) in [6, 6.07) is 0. The Morgan fingerprint density at radius 2 is 2.16 bits per heavy atom. The van der Waals surface area contributed by atoms with Crippen LogP contribution in [0.4, 0.5) is 0 Å². The average Bonchev–Trinajstić information content (AvgIpc) is 2.94. The van der Waals surface area contributed by atoms with Crippen LogP contribution >= 0.6 is 0 Å². The highest BCUT2D eigenvalue weighted by Crippen LogP contribution is 2.23. The van der Waals surface area contributed by atoms with Gasteiger partial charge in [0.2, 0.25) is 0 Å². The number of likely N-dealkylation sites (tertiary alicyclic amines) is 1. The lowest BCUT2D eigenvalue weighted by Crippen LogP contribution is -2.30. The topological polar surface area (TPSA) is 75.4 Å². The second-order valence-corrected chi connectivity index (χ2v) is 5.33. The highest BCUT2D eigenvalue weighted by atomic mass is 16.4. The number of carboxylic acid groups (broad SMARTS) is 1. The van der Waals surface area contributed by atoms with Gasteiger partial charge in [0.1, 0.15) is 0 Å². The third-order valence-corrected chi connectivity index (χ3v) is 3.46. The number of amides is 1. The Morgan fingerprint density at radius 3 is 2.68 bits per heavy atom. The normalized spacial score (nSPS) is 19.2. The molecule has 104 valence electrons. The second-order valence-electron chi connectivity index (χ2n) is 5.33. The predicted octanol–water partition coefficient (Wildman–Crippen LogP) is 1.09. The van der Waals surface area contributed by atoms with E-state index >= 15 is 0 Å². The molecule has 1 saturated heterocycles. The van der Waals surface area contributed by atoms with Crippen LogP contribution in [-0.4, -0.2) is 44.8 Å². The molecular formula is C13H19N3O3. The molecule has 0 aliphatic carbocycles. The lowest BCUT2D eigenvalue weighted by Gasteiger charge is -2.16. The van der Waals surface area contributed by atoms with Gasteiger partial charge in [-0.3, -0.25) is 14.3 Å². The molecule has 0 aromatic carbocycles. The van der Waals surface area contributed by atoms with Crippen LogP contribution in [-0.2, 0) is 11.8 Å². The Morgan fingerprint density at radius 1 is 1.47 bits per heavy atom. The average molecular weight is 265 g/mol. The first-order valence-corrected chi connectivity index (χ1v) is 6.45. The molecule has 1 N–H and O–H groups in total. The molecule has 0 saturated carbocycles. The second kappa shape index (κ2) is 5.03. The van der Waals surface area contributed by atoms with Gasteiger partial charge < -0.3 is 10.0 Å². The van der Waals surface area contributed by atoms with Crippen molar-refractivity contribution in [2.75, 3.05) is 13.1 Å². The number of hydrogen-bond acceptors (Lipinski definition) is 3. The third-order valence-electron chi connectivity index (χ3n) is 3.46. The van der Waals surface area contributed by atoms with Gasteiger partial charge in [0.05, 0.1) is 17.2 Å². The van der Waals surface area contributed by atoms with Gasteiger partial charge in [-0.05, 0) is 12.3 Å². The van der Waals surface area contributed by atoms with Gasteiger partial charge in [0, 0.05) is 26.3 Å². The maximum atomic E-state index is 12.4. The summed E-state index contributed by atoms with van der Waals surface area (Å²) in [5, 5.41) is 13.3. The molecule has 1 fully saturated rings. The SMILES string of the molecule is CC(C)c1nn(C)cc1C(=O)N1CCC(C(=O)O)C1. The molecule has 0 radical (unpaired) electrons. The monoisotopic (exact) mass is 265 g/mol. The fourth-order valence-corrected chi connectivity index (χ4v) is 2.41. The zero-order valence-corrected chi connectivity index (χ0v) is 11.5. The summed E-state index contributed by atoms with van der Waals surface area (Å²) in [7, 11) is 1.78. The van der Waals surface area contributed by atoms with Gasteiger partial charge in [-0.25, -0.2) is 0 Å². The van der Waals surface area contributed by atoms with Crippen molar-refractivity contribution >= 4 is 11.9 Å². The molecule has 1 amide bonds. The molecule has 0 bridgehead atoms. The summed E-state index contributed by atoms with van der Waals surface area (Å²) < 4.78 is 1.63. The summed E-state index contributed by atoms with van der Waals surface area (Å²) in [4.78, 5) is 25.0. The van der Waals surface area contributed by atoms with E-state index in [9.17, 15) is 9.59 Å². The number of aryl methyl sites for hydroxylation is 1. The number of rotatable bonds is 3. The summed E-state index contributed by atoms with van der Waals surface area (Å²) in [6.07, 6.45) is 2.24. The minimum Gasteiger partial charge on any atom is -0.481 e. The van der Waals surface area contributed by atoms with Crippen molar-refractivity contribution in [3.05, 3.63) is 17.5 Å². The molecule has 1 aromatic rings. The first-order chi connectivity index (χ1) is 8.90. The van der Waals surface area contributed by atoms with Crippen molar-refractivity contribution in [3.63, 3.8) is 0 Å². The molecule has 1 unspecified atom stereocenters. The predicted molar refractivity (Wildman–Crippen MR) is 68.9 cm³/mol. The molecule has 6 heteroatoms. The Bertz CT molecular complexity index is 507. The minimum atomic E-state index is -0.828. The molecule has 2 heterocycles. The number of aromatic nitrogens is 2. The van der Waals surface area contributed by atoms with Gasteiger partial charge in [-0.15, -0.1) is 0 Å². The lowest BCUT2D eigenvalue weighted by atomic mass is 10.1. The van der Waals surface area contributed by atoms with Gasteiger partial charge in [0.15, 0.2) is 0 Å². The van der Waals surface area contributed by atoms with Crippen molar-refractivity contribution in [2.45, 2.75) is 26.2 Å². The van der Waals surface area contributed by atoms with Crippen molar-refractivity contribution < 1.29 is 14.7 Å². The maximum Gasteiger partial charge on any atom is 0.308 e. The fourth-order valence-electron chi connectivity index (χ4n) is 2.41. The molecule has 0 spiro atoms. The molecule has 2 rings (SSSR count).